The third-order valence-electron chi connectivity index (χ3n) is 3.06. The lowest BCUT2D eigenvalue weighted by Gasteiger charge is -2.08. The van der Waals surface area contributed by atoms with Crippen molar-refractivity contribution >= 4 is 0 Å². The number of aliphatic hydroxyl groups is 1. The van der Waals surface area contributed by atoms with Gasteiger partial charge in [0.05, 0.1) is 11.5 Å². The van der Waals surface area contributed by atoms with E-state index in [4.69, 9.17) is 10.4 Å². The molecule has 0 saturated heterocycles. The number of aliphatic hydroxyl groups excluding tert-OH is 1. The van der Waals surface area contributed by atoms with Crippen LogP contribution in [0.2, 0.25) is 0 Å². The van der Waals surface area contributed by atoms with Gasteiger partial charge in [-0.1, -0.05) is 29.8 Å². The summed E-state index contributed by atoms with van der Waals surface area (Å²) in [5.41, 5.74) is 1.82. The van der Waals surface area contributed by atoms with Crippen molar-refractivity contribution in [3.05, 3.63) is 35.4 Å². The molecule has 1 N–H and O–H groups in total. The zero-order valence-electron chi connectivity index (χ0n) is 8.20. The van der Waals surface area contributed by atoms with Gasteiger partial charge in [0, 0.05) is 12.5 Å². The van der Waals surface area contributed by atoms with Crippen LogP contribution in [0.5, 0.6) is 0 Å². The molecule has 14 heavy (non-hydrogen) atoms. The van der Waals surface area contributed by atoms with Crippen LogP contribution >= 0.6 is 0 Å². The molecule has 2 atom stereocenters. The molecule has 0 unspecified atom stereocenters. The van der Waals surface area contributed by atoms with E-state index < -0.39 is 5.41 Å². The fraction of sp³-hybridized carbons (Fsp3) is 0.417. The first kappa shape index (κ1) is 9.23. The Morgan fingerprint density at radius 3 is 2.93 bits per heavy atom. The second-order valence-electron chi connectivity index (χ2n) is 4.04. The Morgan fingerprint density at radius 1 is 1.64 bits per heavy atom. The molecule has 0 spiro atoms. The first-order valence-corrected chi connectivity index (χ1v) is 4.82. The van der Waals surface area contributed by atoms with Gasteiger partial charge in [-0.2, -0.15) is 5.26 Å². The third-order valence-corrected chi connectivity index (χ3v) is 3.06. The summed E-state index contributed by atoms with van der Waals surface area (Å²) < 4.78 is 0. The van der Waals surface area contributed by atoms with Crippen LogP contribution in [0.4, 0.5) is 0 Å². The third kappa shape index (κ3) is 1.21. The zero-order valence-corrected chi connectivity index (χ0v) is 8.20. The average molecular weight is 187 g/mol. The highest BCUT2D eigenvalue weighted by molar-refractivity contribution is 5.42. The molecule has 0 aliphatic heterocycles. The van der Waals surface area contributed by atoms with Gasteiger partial charge in [-0.3, -0.25) is 0 Å². The molecule has 0 bridgehead atoms. The topological polar surface area (TPSA) is 44.0 Å². The largest absolute Gasteiger partial charge is 0.396 e. The second-order valence-corrected chi connectivity index (χ2v) is 4.04. The van der Waals surface area contributed by atoms with E-state index in [1.165, 1.54) is 5.56 Å². The number of nitrogens with zero attached hydrogens (tertiary/aromatic N) is 1. The Morgan fingerprint density at radius 2 is 2.43 bits per heavy atom. The Kier molecular flexibility index (Phi) is 2.05. The second kappa shape index (κ2) is 3.11. The monoisotopic (exact) mass is 187 g/mol. The maximum atomic E-state index is 9.14. The average Bonchev–Trinajstić information content (AvgIpc) is 2.93. The molecule has 72 valence electrons. The van der Waals surface area contributed by atoms with Gasteiger partial charge in [0.2, 0.25) is 0 Å². The van der Waals surface area contributed by atoms with Crippen LogP contribution in [0.15, 0.2) is 24.3 Å². The van der Waals surface area contributed by atoms with E-state index in [-0.39, 0.29) is 12.5 Å². The molecule has 1 aromatic carbocycles. The van der Waals surface area contributed by atoms with Crippen molar-refractivity contribution < 1.29 is 5.11 Å². The van der Waals surface area contributed by atoms with Crippen LogP contribution in [0.1, 0.15) is 17.5 Å². The van der Waals surface area contributed by atoms with E-state index in [0.717, 1.165) is 12.0 Å². The highest BCUT2D eigenvalue weighted by Gasteiger charge is 2.55. The van der Waals surface area contributed by atoms with Crippen LogP contribution in [-0.2, 0) is 5.41 Å². The van der Waals surface area contributed by atoms with E-state index >= 15 is 0 Å². The van der Waals surface area contributed by atoms with Crippen LogP contribution < -0.4 is 0 Å². The van der Waals surface area contributed by atoms with Crippen LogP contribution in [0, 0.1) is 24.2 Å². The van der Waals surface area contributed by atoms with Crippen molar-refractivity contribution in [3.8, 4) is 6.07 Å². The van der Waals surface area contributed by atoms with Crippen LogP contribution in [0.3, 0.4) is 0 Å². The zero-order chi connectivity index (χ0) is 10.2. The first-order valence-electron chi connectivity index (χ1n) is 4.82. The lowest BCUT2D eigenvalue weighted by molar-refractivity contribution is 0.269. The summed E-state index contributed by atoms with van der Waals surface area (Å²) in [4.78, 5) is 0. The molecule has 1 aliphatic rings. The molecule has 2 heteroatoms. The lowest BCUT2D eigenvalue weighted by atomic mass is 9.94. The van der Waals surface area contributed by atoms with Gasteiger partial charge in [0.15, 0.2) is 0 Å². The summed E-state index contributed by atoms with van der Waals surface area (Å²) in [5, 5.41) is 18.2. The summed E-state index contributed by atoms with van der Waals surface area (Å²) in [7, 11) is 0. The Labute approximate surface area is 83.8 Å². The predicted molar refractivity (Wildman–Crippen MR) is 53.7 cm³/mol. The minimum absolute atomic E-state index is 0.113. The normalized spacial score (nSPS) is 29.6. The number of hydrogen-bond acceptors (Lipinski definition) is 2. The summed E-state index contributed by atoms with van der Waals surface area (Å²) in [5.74, 6) is 0.134. The standard InChI is InChI=1S/C12H13NO/c1-9-3-2-4-10(5-9)12(8-13)6-11(12)7-14/h2-5,11,14H,6-7H2,1H3/t11-,12-/m1/s1. The lowest BCUT2D eigenvalue weighted by Crippen LogP contribution is -2.09. The molecule has 0 heterocycles. The highest BCUT2D eigenvalue weighted by Crippen LogP contribution is 2.53. The molecule has 2 rings (SSSR count). The maximum Gasteiger partial charge on any atom is 0.0877 e. The van der Waals surface area contributed by atoms with Gasteiger partial charge >= 0.3 is 0 Å². The van der Waals surface area contributed by atoms with E-state index in [0.29, 0.717) is 0 Å². The Hall–Kier alpha value is -1.33. The summed E-state index contributed by atoms with van der Waals surface area (Å²) in [6.45, 7) is 2.13. The molecule has 1 aromatic rings. The maximum absolute atomic E-state index is 9.14. The van der Waals surface area contributed by atoms with Crippen molar-refractivity contribution in [2.75, 3.05) is 6.61 Å². The van der Waals surface area contributed by atoms with E-state index in [9.17, 15) is 0 Å². The molecule has 1 saturated carbocycles. The van der Waals surface area contributed by atoms with Crippen molar-refractivity contribution in [2.45, 2.75) is 18.8 Å². The van der Waals surface area contributed by atoms with Crippen molar-refractivity contribution in [3.63, 3.8) is 0 Å². The predicted octanol–water partition coefficient (Wildman–Crippen LogP) is 1.77. The van der Waals surface area contributed by atoms with E-state index in [1.54, 1.807) is 0 Å². The van der Waals surface area contributed by atoms with E-state index in [1.807, 2.05) is 31.2 Å². The quantitative estimate of drug-likeness (QED) is 0.766. The Balaban J connectivity index is 2.36. The first-order chi connectivity index (χ1) is 6.73. The number of aryl methyl sites for hydroxylation is 1. The minimum Gasteiger partial charge on any atom is -0.396 e. The molecular weight excluding hydrogens is 174 g/mol. The van der Waals surface area contributed by atoms with Crippen molar-refractivity contribution in [1.29, 1.82) is 5.26 Å². The number of nitriles is 1. The minimum atomic E-state index is -0.402. The van der Waals surface area contributed by atoms with Gasteiger partial charge in [-0.25, -0.2) is 0 Å². The fourth-order valence-electron chi connectivity index (χ4n) is 2.03. The van der Waals surface area contributed by atoms with Crippen molar-refractivity contribution in [1.82, 2.24) is 0 Å². The summed E-state index contributed by atoms with van der Waals surface area (Å²) in [6, 6.07) is 10.3. The van der Waals surface area contributed by atoms with Gasteiger partial charge in [-0.15, -0.1) is 0 Å². The fourth-order valence-corrected chi connectivity index (χ4v) is 2.03. The molecular formula is C12H13NO. The number of rotatable bonds is 2. The smallest absolute Gasteiger partial charge is 0.0877 e. The van der Waals surface area contributed by atoms with Gasteiger partial charge in [0.1, 0.15) is 0 Å². The molecule has 0 aromatic heterocycles. The molecule has 2 nitrogen and oxygen atoms in total. The van der Waals surface area contributed by atoms with Gasteiger partial charge in [0.25, 0.3) is 0 Å². The highest BCUT2D eigenvalue weighted by atomic mass is 16.3. The van der Waals surface area contributed by atoms with Gasteiger partial charge < -0.3 is 5.11 Å². The van der Waals surface area contributed by atoms with Crippen LogP contribution in [0.25, 0.3) is 0 Å². The van der Waals surface area contributed by atoms with E-state index in [2.05, 4.69) is 6.07 Å². The summed E-state index contributed by atoms with van der Waals surface area (Å²) in [6.07, 6.45) is 0.795. The molecule has 0 radical (unpaired) electrons. The molecule has 1 aliphatic carbocycles. The van der Waals surface area contributed by atoms with Crippen LogP contribution in [-0.4, -0.2) is 11.7 Å². The Bertz CT molecular complexity index is 394. The molecule has 0 amide bonds. The summed E-state index contributed by atoms with van der Waals surface area (Å²) >= 11 is 0. The number of hydrogen-bond donors (Lipinski definition) is 1. The molecule has 1 fully saturated rings. The SMILES string of the molecule is Cc1cccc([C@]2(C#N)C[C@@H]2CO)c1. The number of benzene rings is 1. The van der Waals surface area contributed by atoms with Crippen molar-refractivity contribution in [2.24, 2.45) is 5.92 Å². The van der Waals surface area contributed by atoms with Gasteiger partial charge in [-0.05, 0) is 18.9 Å².